The highest BCUT2D eigenvalue weighted by Gasteiger charge is 2.36. The van der Waals surface area contributed by atoms with Gasteiger partial charge in [-0.15, -0.1) is 0 Å². The Kier molecular flexibility index (Phi) is 4.88. The maximum Gasteiger partial charge on any atom is 0.416 e. The van der Waals surface area contributed by atoms with Gasteiger partial charge >= 0.3 is 6.18 Å². The van der Waals surface area contributed by atoms with E-state index in [0.29, 0.717) is 0 Å². The first kappa shape index (κ1) is 17.8. The average Bonchev–Trinajstić information content (AvgIpc) is 2.94. The summed E-state index contributed by atoms with van der Waals surface area (Å²) in [6, 6.07) is 4.65. The molecule has 0 aliphatic carbocycles. The van der Waals surface area contributed by atoms with Gasteiger partial charge in [-0.05, 0) is 11.6 Å². The summed E-state index contributed by atoms with van der Waals surface area (Å²) in [6.07, 6.45) is -0.368. The van der Waals surface area contributed by atoms with Crippen LogP contribution in [0, 0.1) is 0 Å². The number of hydrogen-bond acceptors (Lipinski definition) is 4. The average molecular weight is 364 g/mol. The van der Waals surface area contributed by atoms with E-state index >= 15 is 0 Å². The summed E-state index contributed by atoms with van der Waals surface area (Å²) >= 11 is 0. The third kappa shape index (κ3) is 3.98. The largest absolute Gasteiger partial charge is 0.416 e. The first-order valence-corrected chi connectivity index (χ1v) is 7.84. The molecule has 2 aromatic rings. The van der Waals surface area contributed by atoms with Crippen molar-refractivity contribution in [3.63, 3.8) is 0 Å². The summed E-state index contributed by atoms with van der Waals surface area (Å²) in [7, 11) is 0. The van der Waals surface area contributed by atoms with E-state index in [4.69, 9.17) is 0 Å². The van der Waals surface area contributed by atoms with Gasteiger partial charge in [0.25, 0.3) is 5.91 Å². The van der Waals surface area contributed by atoms with Crippen LogP contribution in [0.15, 0.2) is 42.9 Å². The Morgan fingerprint density at radius 3 is 2.73 bits per heavy atom. The molecule has 2 heterocycles. The summed E-state index contributed by atoms with van der Waals surface area (Å²) < 4.78 is 39.2. The molecule has 26 heavy (non-hydrogen) atoms. The first-order chi connectivity index (χ1) is 12.3. The molecule has 1 fully saturated rings. The van der Waals surface area contributed by atoms with Crippen molar-refractivity contribution >= 4 is 11.8 Å². The zero-order chi connectivity index (χ0) is 18.7. The number of nitrogens with zero attached hydrogens (tertiary/aromatic N) is 3. The molecule has 1 aliphatic heterocycles. The van der Waals surface area contributed by atoms with Crippen LogP contribution in [-0.4, -0.2) is 39.3 Å². The van der Waals surface area contributed by atoms with Gasteiger partial charge in [-0.25, -0.2) is 4.98 Å². The van der Waals surface area contributed by atoms with Crippen molar-refractivity contribution in [3.05, 3.63) is 59.7 Å². The molecular weight excluding hydrogens is 349 g/mol. The van der Waals surface area contributed by atoms with E-state index in [1.165, 1.54) is 41.7 Å². The molecule has 1 aromatic heterocycles. The lowest BCUT2D eigenvalue weighted by molar-refractivity contribution is -0.139. The fourth-order valence-corrected chi connectivity index (χ4v) is 2.84. The van der Waals surface area contributed by atoms with Crippen molar-refractivity contribution in [1.82, 2.24) is 20.2 Å². The van der Waals surface area contributed by atoms with Crippen molar-refractivity contribution in [2.45, 2.75) is 25.2 Å². The molecule has 0 spiro atoms. The fraction of sp³-hybridized carbons (Fsp3) is 0.294. The summed E-state index contributed by atoms with van der Waals surface area (Å²) in [6.45, 7) is -0.0247. The second-order valence-electron chi connectivity index (χ2n) is 5.89. The van der Waals surface area contributed by atoms with Crippen LogP contribution >= 0.6 is 0 Å². The van der Waals surface area contributed by atoms with E-state index in [0.717, 1.165) is 6.07 Å². The van der Waals surface area contributed by atoms with Gasteiger partial charge in [0, 0.05) is 31.9 Å². The Morgan fingerprint density at radius 2 is 2.04 bits per heavy atom. The Labute approximate surface area is 147 Å². The number of carbonyl (C=O) groups is 2. The summed E-state index contributed by atoms with van der Waals surface area (Å²) in [4.78, 5) is 33.2. The molecule has 3 rings (SSSR count). The number of halogens is 3. The normalized spacial score (nSPS) is 17.4. The smallest absolute Gasteiger partial charge is 0.346 e. The summed E-state index contributed by atoms with van der Waals surface area (Å²) in [5.74, 6) is -0.792. The molecule has 6 nitrogen and oxygen atoms in total. The molecule has 1 aliphatic rings. The standard InChI is InChI=1S/C17H15F3N4O2/c18-17(19,20)13-4-2-1-3-11(13)9-24-10-12(7-15(24)25)23-16(26)14-8-21-5-6-22-14/h1-6,8,12H,7,9-10H2,(H,23,26)/t12-/m0/s1. The number of nitrogens with one attached hydrogen (secondary N) is 1. The van der Waals surface area contributed by atoms with Gasteiger partial charge in [-0.2, -0.15) is 13.2 Å². The molecule has 0 unspecified atom stereocenters. The lowest BCUT2D eigenvalue weighted by Gasteiger charge is -2.20. The van der Waals surface area contributed by atoms with Crippen molar-refractivity contribution in [2.24, 2.45) is 0 Å². The van der Waals surface area contributed by atoms with Crippen LogP contribution in [0.5, 0.6) is 0 Å². The molecule has 1 N–H and O–H groups in total. The number of hydrogen-bond donors (Lipinski definition) is 1. The first-order valence-electron chi connectivity index (χ1n) is 7.84. The molecule has 0 radical (unpaired) electrons. The molecule has 1 atom stereocenters. The van der Waals surface area contributed by atoms with Crippen LogP contribution in [0.25, 0.3) is 0 Å². The Balaban J connectivity index is 1.67. The second-order valence-corrected chi connectivity index (χ2v) is 5.89. The van der Waals surface area contributed by atoms with Crippen molar-refractivity contribution in [3.8, 4) is 0 Å². The number of likely N-dealkylation sites (tertiary alicyclic amines) is 1. The maximum atomic E-state index is 13.1. The third-order valence-electron chi connectivity index (χ3n) is 4.03. The van der Waals surface area contributed by atoms with Crippen molar-refractivity contribution < 1.29 is 22.8 Å². The van der Waals surface area contributed by atoms with Gasteiger partial charge in [0.15, 0.2) is 0 Å². The quantitative estimate of drug-likeness (QED) is 0.901. The van der Waals surface area contributed by atoms with Crippen molar-refractivity contribution in [2.75, 3.05) is 6.54 Å². The van der Waals surface area contributed by atoms with Crippen LogP contribution < -0.4 is 5.32 Å². The predicted molar refractivity (Wildman–Crippen MR) is 84.8 cm³/mol. The van der Waals surface area contributed by atoms with Gasteiger partial charge in [0.2, 0.25) is 5.91 Å². The van der Waals surface area contributed by atoms with Crippen LogP contribution in [0.2, 0.25) is 0 Å². The number of aromatic nitrogens is 2. The van der Waals surface area contributed by atoms with E-state index in [2.05, 4.69) is 15.3 Å². The molecular formula is C17H15F3N4O2. The molecule has 0 bridgehead atoms. The predicted octanol–water partition coefficient (Wildman–Crippen LogP) is 2.03. The number of rotatable bonds is 4. The minimum absolute atomic E-state index is 0.0225. The summed E-state index contributed by atoms with van der Waals surface area (Å²) in [5.41, 5.74) is -0.630. The lowest BCUT2D eigenvalue weighted by atomic mass is 10.1. The van der Waals surface area contributed by atoms with Crippen LogP contribution in [-0.2, 0) is 17.5 Å². The molecule has 1 saturated heterocycles. The van der Waals surface area contributed by atoms with Gasteiger partial charge in [0.1, 0.15) is 5.69 Å². The number of benzene rings is 1. The fourth-order valence-electron chi connectivity index (χ4n) is 2.84. The van der Waals surface area contributed by atoms with Gasteiger partial charge in [-0.3, -0.25) is 14.6 Å². The van der Waals surface area contributed by atoms with E-state index in [1.54, 1.807) is 0 Å². The highest BCUT2D eigenvalue weighted by atomic mass is 19.4. The minimum Gasteiger partial charge on any atom is -0.346 e. The van der Waals surface area contributed by atoms with E-state index in [-0.39, 0.29) is 36.7 Å². The zero-order valence-corrected chi connectivity index (χ0v) is 13.5. The Hall–Kier alpha value is -2.97. The van der Waals surface area contributed by atoms with Gasteiger partial charge in [-0.1, -0.05) is 18.2 Å². The van der Waals surface area contributed by atoms with Crippen molar-refractivity contribution in [1.29, 1.82) is 0 Å². The molecule has 1 aromatic carbocycles. The third-order valence-corrected chi connectivity index (χ3v) is 4.03. The SMILES string of the molecule is O=C(N[C@H]1CC(=O)N(Cc2ccccc2C(F)(F)F)C1)c1cnccn1. The highest BCUT2D eigenvalue weighted by Crippen LogP contribution is 2.32. The van der Waals surface area contributed by atoms with Crippen LogP contribution in [0.3, 0.4) is 0 Å². The van der Waals surface area contributed by atoms with E-state index in [9.17, 15) is 22.8 Å². The Bertz CT molecular complexity index is 811. The number of amides is 2. The number of carbonyl (C=O) groups excluding carboxylic acids is 2. The van der Waals surface area contributed by atoms with Gasteiger partial charge < -0.3 is 10.2 Å². The van der Waals surface area contributed by atoms with E-state index < -0.39 is 23.7 Å². The minimum atomic E-state index is -4.49. The van der Waals surface area contributed by atoms with Crippen LogP contribution in [0.1, 0.15) is 28.0 Å². The highest BCUT2D eigenvalue weighted by molar-refractivity contribution is 5.93. The molecule has 9 heteroatoms. The maximum absolute atomic E-state index is 13.1. The van der Waals surface area contributed by atoms with E-state index in [1.807, 2.05) is 0 Å². The zero-order valence-electron chi connectivity index (χ0n) is 13.5. The topological polar surface area (TPSA) is 75.2 Å². The number of alkyl halides is 3. The van der Waals surface area contributed by atoms with Gasteiger partial charge in [0.05, 0.1) is 17.8 Å². The monoisotopic (exact) mass is 364 g/mol. The summed E-state index contributed by atoms with van der Waals surface area (Å²) in [5, 5.41) is 2.66. The lowest BCUT2D eigenvalue weighted by Crippen LogP contribution is -2.37. The molecule has 136 valence electrons. The molecule has 2 amide bonds. The van der Waals surface area contributed by atoms with Crippen LogP contribution in [0.4, 0.5) is 13.2 Å². The Morgan fingerprint density at radius 1 is 1.27 bits per heavy atom. The second kappa shape index (κ2) is 7.11. The molecule has 0 saturated carbocycles.